The van der Waals surface area contributed by atoms with Crippen LogP contribution in [-0.2, 0) is 12.2 Å². The first-order chi connectivity index (χ1) is 11.3. The zero-order valence-electron chi connectivity index (χ0n) is 12.8. The second kappa shape index (κ2) is 6.20. The fourth-order valence-electron chi connectivity index (χ4n) is 2.78. The van der Waals surface area contributed by atoms with E-state index in [2.05, 4.69) is 46.6 Å². The molecule has 4 rings (SSSR count). The number of rotatable bonds is 5. The van der Waals surface area contributed by atoms with Crippen LogP contribution in [0.4, 0.5) is 0 Å². The van der Waals surface area contributed by atoms with Crippen LogP contribution in [0.5, 0.6) is 0 Å². The van der Waals surface area contributed by atoms with Gasteiger partial charge in [-0.05, 0) is 42.9 Å². The minimum Gasteiger partial charge on any atom is -0.267 e. The SMILES string of the molecule is O=c1[nH]nc(CC2CC2)c2ccc(SCc3ccccc3)cc12. The highest BCUT2D eigenvalue weighted by Gasteiger charge is 2.23. The van der Waals surface area contributed by atoms with E-state index in [1.165, 1.54) is 18.4 Å². The van der Waals surface area contributed by atoms with E-state index in [1.54, 1.807) is 11.8 Å². The summed E-state index contributed by atoms with van der Waals surface area (Å²) in [5.74, 6) is 1.66. The molecule has 0 atom stereocenters. The number of benzene rings is 2. The van der Waals surface area contributed by atoms with Gasteiger partial charge in [0.05, 0.1) is 11.1 Å². The molecular weight excluding hydrogens is 304 g/mol. The Morgan fingerprint density at radius 2 is 1.91 bits per heavy atom. The molecular formula is C19H18N2OS. The Balaban J connectivity index is 1.62. The maximum Gasteiger partial charge on any atom is 0.272 e. The van der Waals surface area contributed by atoms with Crippen LogP contribution in [0.1, 0.15) is 24.1 Å². The zero-order valence-corrected chi connectivity index (χ0v) is 13.6. The number of hydrogen-bond acceptors (Lipinski definition) is 3. The summed E-state index contributed by atoms with van der Waals surface area (Å²) >= 11 is 1.76. The van der Waals surface area contributed by atoms with Crippen molar-refractivity contribution in [1.82, 2.24) is 10.2 Å². The average molecular weight is 322 g/mol. The van der Waals surface area contributed by atoms with Crippen molar-refractivity contribution in [3.63, 3.8) is 0 Å². The second-order valence-corrected chi connectivity index (χ2v) is 7.18. The fourth-order valence-corrected chi connectivity index (χ4v) is 3.67. The van der Waals surface area contributed by atoms with Crippen molar-refractivity contribution in [2.45, 2.75) is 29.9 Å². The van der Waals surface area contributed by atoms with Gasteiger partial charge in [0, 0.05) is 16.0 Å². The molecule has 0 unspecified atom stereocenters. The van der Waals surface area contributed by atoms with Crippen molar-refractivity contribution >= 4 is 22.5 Å². The molecule has 1 heterocycles. The van der Waals surface area contributed by atoms with Crippen molar-refractivity contribution in [2.75, 3.05) is 0 Å². The Hall–Kier alpha value is -2.07. The van der Waals surface area contributed by atoms with Gasteiger partial charge in [0.25, 0.3) is 5.56 Å². The molecule has 116 valence electrons. The fraction of sp³-hybridized carbons (Fsp3) is 0.263. The summed E-state index contributed by atoms with van der Waals surface area (Å²) in [6.45, 7) is 0. The molecule has 0 radical (unpaired) electrons. The lowest BCUT2D eigenvalue weighted by Crippen LogP contribution is -2.11. The van der Waals surface area contributed by atoms with Gasteiger partial charge in [0.15, 0.2) is 0 Å². The Morgan fingerprint density at radius 3 is 2.70 bits per heavy atom. The lowest BCUT2D eigenvalue weighted by Gasteiger charge is -2.07. The summed E-state index contributed by atoms with van der Waals surface area (Å²) in [6, 6.07) is 16.5. The number of aromatic amines is 1. The van der Waals surface area contributed by atoms with Gasteiger partial charge < -0.3 is 0 Å². The number of hydrogen-bond donors (Lipinski definition) is 1. The molecule has 0 saturated heterocycles. The van der Waals surface area contributed by atoms with Crippen molar-refractivity contribution in [1.29, 1.82) is 0 Å². The van der Waals surface area contributed by atoms with E-state index in [0.717, 1.165) is 39.5 Å². The van der Waals surface area contributed by atoms with Crippen LogP contribution < -0.4 is 5.56 Å². The summed E-state index contributed by atoms with van der Waals surface area (Å²) in [7, 11) is 0. The van der Waals surface area contributed by atoms with Crippen LogP contribution in [0.25, 0.3) is 10.8 Å². The highest BCUT2D eigenvalue weighted by Crippen LogP contribution is 2.34. The quantitative estimate of drug-likeness (QED) is 0.717. The second-order valence-electron chi connectivity index (χ2n) is 6.13. The summed E-state index contributed by atoms with van der Waals surface area (Å²) in [6.07, 6.45) is 3.55. The van der Waals surface area contributed by atoms with E-state index < -0.39 is 0 Å². The maximum absolute atomic E-state index is 12.1. The first-order valence-corrected chi connectivity index (χ1v) is 8.96. The van der Waals surface area contributed by atoms with Crippen LogP contribution >= 0.6 is 11.8 Å². The maximum atomic E-state index is 12.1. The van der Waals surface area contributed by atoms with Gasteiger partial charge >= 0.3 is 0 Å². The predicted octanol–water partition coefficient (Wildman–Crippen LogP) is 4.17. The van der Waals surface area contributed by atoms with Crippen LogP contribution in [-0.4, -0.2) is 10.2 Å². The lowest BCUT2D eigenvalue weighted by molar-refractivity contribution is 0.784. The van der Waals surface area contributed by atoms with Crippen molar-refractivity contribution in [3.8, 4) is 0 Å². The smallest absolute Gasteiger partial charge is 0.267 e. The van der Waals surface area contributed by atoms with Gasteiger partial charge in [0.2, 0.25) is 0 Å². The van der Waals surface area contributed by atoms with Crippen LogP contribution in [0.2, 0.25) is 0 Å². The number of H-pyrrole nitrogens is 1. The Bertz CT molecular complexity index is 885. The van der Waals surface area contributed by atoms with Crippen molar-refractivity contribution in [3.05, 3.63) is 70.1 Å². The number of aromatic nitrogens is 2. The number of fused-ring (bicyclic) bond motifs is 1. The molecule has 2 aromatic carbocycles. The molecule has 23 heavy (non-hydrogen) atoms. The van der Waals surface area contributed by atoms with Gasteiger partial charge in [-0.15, -0.1) is 11.8 Å². The average Bonchev–Trinajstić information content (AvgIpc) is 3.41. The van der Waals surface area contributed by atoms with Crippen molar-refractivity contribution in [2.24, 2.45) is 5.92 Å². The highest BCUT2D eigenvalue weighted by molar-refractivity contribution is 7.98. The number of nitrogens with one attached hydrogen (secondary N) is 1. The summed E-state index contributed by atoms with van der Waals surface area (Å²) in [4.78, 5) is 13.3. The first kappa shape index (κ1) is 14.5. The summed E-state index contributed by atoms with van der Waals surface area (Å²) < 4.78 is 0. The molecule has 0 amide bonds. The van der Waals surface area contributed by atoms with Crippen molar-refractivity contribution < 1.29 is 0 Å². The van der Waals surface area contributed by atoms with Crippen LogP contribution in [0.3, 0.4) is 0 Å². The molecule has 1 aliphatic carbocycles. The minimum atomic E-state index is -0.0956. The number of thioether (sulfide) groups is 1. The third-order valence-electron chi connectivity index (χ3n) is 4.27. The summed E-state index contributed by atoms with van der Waals surface area (Å²) in [5, 5.41) is 8.69. The van der Waals surface area contributed by atoms with E-state index in [9.17, 15) is 4.79 Å². The van der Waals surface area contributed by atoms with Crippen LogP contribution in [0, 0.1) is 5.92 Å². The van der Waals surface area contributed by atoms with Gasteiger partial charge in [-0.1, -0.05) is 36.4 Å². The van der Waals surface area contributed by atoms with Gasteiger partial charge in [-0.3, -0.25) is 4.79 Å². The molecule has 4 heteroatoms. The molecule has 1 saturated carbocycles. The molecule has 0 aliphatic heterocycles. The molecule has 1 aliphatic rings. The molecule has 1 fully saturated rings. The number of nitrogens with zero attached hydrogens (tertiary/aromatic N) is 1. The van der Waals surface area contributed by atoms with E-state index in [-0.39, 0.29) is 5.56 Å². The van der Waals surface area contributed by atoms with E-state index in [0.29, 0.717) is 0 Å². The third kappa shape index (κ3) is 3.32. The van der Waals surface area contributed by atoms with E-state index in [1.807, 2.05) is 12.1 Å². The molecule has 1 N–H and O–H groups in total. The van der Waals surface area contributed by atoms with E-state index in [4.69, 9.17) is 0 Å². The van der Waals surface area contributed by atoms with Gasteiger partial charge in [0.1, 0.15) is 0 Å². The molecule has 1 aromatic heterocycles. The van der Waals surface area contributed by atoms with Crippen LogP contribution in [0.15, 0.2) is 58.2 Å². The third-order valence-corrected chi connectivity index (χ3v) is 5.33. The monoisotopic (exact) mass is 322 g/mol. The van der Waals surface area contributed by atoms with Gasteiger partial charge in [-0.2, -0.15) is 5.10 Å². The zero-order chi connectivity index (χ0) is 15.6. The molecule has 3 nitrogen and oxygen atoms in total. The highest BCUT2D eigenvalue weighted by atomic mass is 32.2. The molecule has 0 bridgehead atoms. The van der Waals surface area contributed by atoms with Gasteiger partial charge in [-0.25, -0.2) is 5.10 Å². The predicted molar refractivity (Wildman–Crippen MR) is 94.8 cm³/mol. The Morgan fingerprint density at radius 1 is 1.09 bits per heavy atom. The Labute approximate surface area is 139 Å². The first-order valence-electron chi connectivity index (χ1n) is 7.97. The standard InChI is InChI=1S/C19H18N2OS/c22-19-17-11-15(23-12-14-4-2-1-3-5-14)8-9-16(17)18(20-21-19)10-13-6-7-13/h1-5,8-9,11,13H,6-7,10,12H2,(H,21,22). The molecule has 0 spiro atoms. The van der Waals surface area contributed by atoms with E-state index >= 15 is 0 Å². The minimum absolute atomic E-state index is 0.0956. The largest absolute Gasteiger partial charge is 0.272 e. The summed E-state index contributed by atoms with van der Waals surface area (Å²) in [5.41, 5.74) is 2.22. The normalized spacial score (nSPS) is 14.3. The Kier molecular flexibility index (Phi) is 3.92. The topological polar surface area (TPSA) is 45.8 Å². The lowest BCUT2D eigenvalue weighted by atomic mass is 10.1. The molecule has 3 aromatic rings.